The zero-order valence-electron chi connectivity index (χ0n) is 6.58. The fraction of sp³-hybridized carbons (Fsp3) is 0.625. The number of nitrogens with zero attached hydrogens (tertiary/aromatic N) is 1. The van der Waals surface area contributed by atoms with Crippen molar-refractivity contribution in [3.05, 3.63) is 17.8 Å². The minimum Gasteiger partial charge on any atom is -0.448 e. The Morgan fingerprint density at radius 1 is 1.73 bits per heavy atom. The van der Waals surface area contributed by atoms with Crippen LogP contribution in [0.2, 0.25) is 0 Å². The van der Waals surface area contributed by atoms with Crippen LogP contribution in [0.25, 0.3) is 0 Å². The summed E-state index contributed by atoms with van der Waals surface area (Å²) >= 11 is 0. The SMILES string of the molecule is CC(N)c1coc(C2CC2)n1. The van der Waals surface area contributed by atoms with E-state index in [1.165, 1.54) is 12.8 Å². The van der Waals surface area contributed by atoms with Crippen LogP contribution >= 0.6 is 0 Å². The third-order valence-corrected chi connectivity index (χ3v) is 1.93. The molecule has 2 rings (SSSR count). The van der Waals surface area contributed by atoms with Gasteiger partial charge in [0.1, 0.15) is 6.26 Å². The normalized spacial score (nSPS) is 20.2. The molecule has 1 fully saturated rings. The molecule has 1 atom stereocenters. The van der Waals surface area contributed by atoms with Crippen molar-refractivity contribution in [1.29, 1.82) is 0 Å². The molecule has 1 heterocycles. The molecule has 1 aliphatic rings. The Hall–Kier alpha value is -0.830. The first-order valence-corrected chi connectivity index (χ1v) is 3.98. The lowest BCUT2D eigenvalue weighted by Crippen LogP contribution is -2.04. The van der Waals surface area contributed by atoms with Crippen molar-refractivity contribution in [3.63, 3.8) is 0 Å². The lowest BCUT2D eigenvalue weighted by atomic mass is 10.3. The van der Waals surface area contributed by atoms with E-state index in [2.05, 4.69) is 4.98 Å². The zero-order chi connectivity index (χ0) is 7.84. The molecule has 1 saturated carbocycles. The highest BCUT2D eigenvalue weighted by Gasteiger charge is 2.28. The maximum atomic E-state index is 5.63. The van der Waals surface area contributed by atoms with Crippen LogP contribution in [0.3, 0.4) is 0 Å². The van der Waals surface area contributed by atoms with E-state index in [4.69, 9.17) is 10.2 Å². The first-order valence-electron chi connectivity index (χ1n) is 3.98. The molecule has 2 N–H and O–H groups in total. The van der Waals surface area contributed by atoms with Crippen LogP contribution in [0.15, 0.2) is 10.7 Å². The van der Waals surface area contributed by atoms with Gasteiger partial charge < -0.3 is 10.2 Å². The molecule has 60 valence electrons. The van der Waals surface area contributed by atoms with E-state index in [9.17, 15) is 0 Å². The summed E-state index contributed by atoms with van der Waals surface area (Å²) < 4.78 is 5.26. The predicted molar refractivity (Wildman–Crippen MR) is 41.1 cm³/mol. The fourth-order valence-corrected chi connectivity index (χ4v) is 1.03. The second-order valence-corrected chi connectivity index (χ2v) is 3.17. The van der Waals surface area contributed by atoms with Gasteiger partial charge in [0.2, 0.25) is 0 Å². The van der Waals surface area contributed by atoms with Gasteiger partial charge in [-0.05, 0) is 19.8 Å². The van der Waals surface area contributed by atoms with Gasteiger partial charge in [0.25, 0.3) is 0 Å². The van der Waals surface area contributed by atoms with Gasteiger partial charge in [-0.1, -0.05) is 0 Å². The van der Waals surface area contributed by atoms with Crippen molar-refractivity contribution in [2.24, 2.45) is 5.73 Å². The summed E-state index contributed by atoms with van der Waals surface area (Å²) in [4.78, 5) is 4.28. The Balaban J connectivity index is 2.18. The van der Waals surface area contributed by atoms with E-state index in [0.29, 0.717) is 5.92 Å². The second-order valence-electron chi connectivity index (χ2n) is 3.17. The van der Waals surface area contributed by atoms with E-state index >= 15 is 0 Å². The molecule has 0 bridgehead atoms. The fourth-order valence-electron chi connectivity index (χ4n) is 1.03. The average molecular weight is 152 g/mol. The van der Waals surface area contributed by atoms with Crippen LogP contribution in [0.4, 0.5) is 0 Å². The third-order valence-electron chi connectivity index (χ3n) is 1.93. The summed E-state index contributed by atoms with van der Waals surface area (Å²) in [5.74, 6) is 1.46. The number of oxazole rings is 1. The third kappa shape index (κ3) is 1.28. The average Bonchev–Trinajstić information content (AvgIpc) is 2.68. The number of hydrogen-bond donors (Lipinski definition) is 1. The smallest absolute Gasteiger partial charge is 0.197 e. The van der Waals surface area contributed by atoms with Gasteiger partial charge in [-0.3, -0.25) is 0 Å². The van der Waals surface area contributed by atoms with E-state index < -0.39 is 0 Å². The molecular formula is C8H12N2O. The van der Waals surface area contributed by atoms with Crippen molar-refractivity contribution < 1.29 is 4.42 Å². The number of rotatable bonds is 2. The lowest BCUT2D eigenvalue weighted by Gasteiger charge is -1.94. The van der Waals surface area contributed by atoms with Crippen LogP contribution in [-0.4, -0.2) is 4.98 Å². The van der Waals surface area contributed by atoms with E-state index in [-0.39, 0.29) is 6.04 Å². The summed E-state index contributed by atoms with van der Waals surface area (Å²) in [6.45, 7) is 1.91. The Kier molecular flexibility index (Phi) is 1.46. The molecule has 1 aliphatic carbocycles. The van der Waals surface area contributed by atoms with Gasteiger partial charge in [0, 0.05) is 12.0 Å². The first kappa shape index (κ1) is 6.85. The van der Waals surface area contributed by atoms with Gasteiger partial charge in [0.15, 0.2) is 5.89 Å². The van der Waals surface area contributed by atoms with Gasteiger partial charge in [-0.15, -0.1) is 0 Å². The van der Waals surface area contributed by atoms with E-state index in [0.717, 1.165) is 11.6 Å². The maximum Gasteiger partial charge on any atom is 0.197 e. The Morgan fingerprint density at radius 3 is 2.91 bits per heavy atom. The highest BCUT2D eigenvalue weighted by Crippen LogP contribution is 2.39. The molecule has 1 unspecified atom stereocenters. The van der Waals surface area contributed by atoms with E-state index in [1.807, 2.05) is 6.92 Å². The van der Waals surface area contributed by atoms with Gasteiger partial charge in [-0.2, -0.15) is 0 Å². The summed E-state index contributed by atoms with van der Waals surface area (Å²) in [5, 5.41) is 0. The summed E-state index contributed by atoms with van der Waals surface area (Å²) in [5.41, 5.74) is 6.49. The highest BCUT2D eigenvalue weighted by molar-refractivity contribution is 5.08. The molecule has 0 saturated heterocycles. The summed E-state index contributed by atoms with van der Waals surface area (Å²) in [6, 6.07) is -0.00810. The van der Waals surface area contributed by atoms with Gasteiger partial charge in [-0.25, -0.2) is 4.98 Å². The van der Waals surface area contributed by atoms with Crippen molar-refractivity contribution in [2.75, 3.05) is 0 Å². The first-order chi connectivity index (χ1) is 5.27. The number of nitrogens with two attached hydrogens (primary N) is 1. The predicted octanol–water partition coefficient (Wildman–Crippen LogP) is 1.57. The zero-order valence-corrected chi connectivity index (χ0v) is 6.58. The Morgan fingerprint density at radius 2 is 2.45 bits per heavy atom. The molecule has 3 nitrogen and oxygen atoms in total. The molecular weight excluding hydrogens is 140 g/mol. The van der Waals surface area contributed by atoms with Crippen molar-refractivity contribution in [1.82, 2.24) is 4.98 Å². The minimum absolute atomic E-state index is 0.00810. The van der Waals surface area contributed by atoms with Crippen LogP contribution in [-0.2, 0) is 0 Å². The molecule has 0 radical (unpaired) electrons. The van der Waals surface area contributed by atoms with Crippen molar-refractivity contribution in [3.8, 4) is 0 Å². The molecule has 1 aromatic heterocycles. The standard InChI is InChI=1S/C8H12N2O/c1-5(9)7-4-11-8(10-7)6-2-3-6/h4-6H,2-3,9H2,1H3. The molecule has 1 aromatic rings. The highest BCUT2D eigenvalue weighted by atomic mass is 16.3. The van der Waals surface area contributed by atoms with E-state index in [1.54, 1.807) is 6.26 Å². The van der Waals surface area contributed by atoms with Crippen molar-refractivity contribution >= 4 is 0 Å². The molecule has 0 amide bonds. The van der Waals surface area contributed by atoms with Gasteiger partial charge >= 0.3 is 0 Å². The largest absolute Gasteiger partial charge is 0.448 e. The number of hydrogen-bond acceptors (Lipinski definition) is 3. The Labute approximate surface area is 65.6 Å². The van der Waals surface area contributed by atoms with Crippen molar-refractivity contribution in [2.45, 2.75) is 31.7 Å². The van der Waals surface area contributed by atoms with Crippen LogP contribution in [0.1, 0.15) is 43.3 Å². The molecule has 0 aromatic carbocycles. The molecule has 11 heavy (non-hydrogen) atoms. The summed E-state index contributed by atoms with van der Waals surface area (Å²) in [7, 11) is 0. The monoisotopic (exact) mass is 152 g/mol. The minimum atomic E-state index is -0.00810. The van der Waals surface area contributed by atoms with Crippen LogP contribution < -0.4 is 5.73 Å². The lowest BCUT2D eigenvalue weighted by molar-refractivity contribution is 0.496. The molecule has 0 spiro atoms. The van der Waals surface area contributed by atoms with Gasteiger partial charge in [0.05, 0.1) is 5.69 Å². The van der Waals surface area contributed by atoms with Crippen LogP contribution in [0, 0.1) is 0 Å². The maximum absolute atomic E-state index is 5.63. The van der Waals surface area contributed by atoms with Crippen LogP contribution in [0.5, 0.6) is 0 Å². The quantitative estimate of drug-likeness (QED) is 0.699. The summed E-state index contributed by atoms with van der Waals surface area (Å²) in [6.07, 6.45) is 4.11. The second kappa shape index (κ2) is 2.34. The Bertz CT molecular complexity index is 234. The molecule has 3 heteroatoms. The topological polar surface area (TPSA) is 52.0 Å². The number of aromatic nitrogens is 1. The molecule has 0 aliphatic heterocycles.